The van der Waals surface area contributed by atoms with Crippen molar-refractivity contribution < 1.29 is 4.79 Å². The van der Waals surface area contributed by atoms with E-state index in [1.165, 1.54) is 0 Å². The molecule has 0 aliphatic heterocycles. The molecule has 1 unspecified atom stereocenters. The summed E-state index contributed by atoms with van der Waals surface area (Å²) in [4.78, 5) is 20.6. The number of benzene rings is 2. The molecule has 0 bridgehead atoms. The number of hydrogen-bond acceptors (Lipinski definition) is 3. The molecule has 2 aromatic heterocycles. The highest BCUT2D eigenvalue weighted by Gasteiger charge is 2.20. The van der Waals surface area contributed by atoms with E-state index in [2.05, 4.69) is 25.5 Å². The lowest BCUT2D eigenvalue weighted by Gasteiger charge is -2.14. The molecular weight excluding hydrogens is 338 g/mol. The van der Waals surface area contributed by atoms with Crippen LogP contribution in [-0.4, -0.2) is 26.1 Å². The van der Waals surface area contributed by atoms with E-state index in [-0.39, 0.29) is 11.9 Å². The van der Waals surface area contributed by atoms with Gasteiger partial charge in [0.25, 0.3) is 5.91 Å². The highest BCUT2D eigenvalue weighted by molar-refractivity contribution is 6.04. The first-order valence-corrected chi connectivity index (χ1v) is 9.01. The Morgan fingerprint density at radius 3 is 2.78 bits per heavy atom. The summed E-state index contributed by atoms with van der Waals surface area (Å²) in [7, 11) is 0. The molecule has 0 radical (unpaired) electrons. The molecule has 4 rings (SSSR count). The van der Waals surface area contributed by atoms with E-state index < -0.39 is 0 Å². The van der Waals surface area contributed by atoms with Crippen LogP contribution < -0.4 is 5.32 Å². The maximum atomic E-state index is 12.8. The second kappa shape index (κ2) is 7.07. The number of carbonyl (C=O) groups excluding carboxylic acids is 1. The van der Waals surface area contributed by atoms with Crippen LogP contribution >= 0.6 is 0 Å². The molecule has 4 aromatic rings. The lowest BCUT2D eigenvalue weighted by atomic mass is 10.1. The second-order valence-corrected chi connectivity index (χ2v) is 6.60. The van der Waals surface area contributed by atoms with Crippen molar-refractivity contribution in [1.29, 1.82) is 0 Å². The molecule has 1 atom stereocenters. The molecule has 2 aromatic carbocycles. The van der Waals surface area contributed by atoms with Crippen LogP contribution in [-0.2, 0) is 0 Å². The Morgan fingerprint density at radius 2 is 2.00 bits per heavy atom. The minimum absolute atomic E-state index is 0.212. The molecule has 2 heterocycles. The van der Waals surface area contributed by atoms with Crippen LogP contribution in [0.1, 0.15) is 41.3 Å². The molecule has 3 N–H and O–H groups in total. The van der Waals surface area contributed by atoms with Gasteiger partial charge in [0, 0.05) is 5.39 Å². The molecule has 1 amide bonds. The Balaban J connectivity index is 1.57. The lowest BCUT2D eigenvalue weighted by Crippen LogP contribution is -2.29. The maximum absolute atomic E-state index is 12.8. The van der Waals surface area contributed by atoms with Crippen molar-refractivity contribution in [2.45, 2.75) is 26.3 Å². The molecule has 0 aliphatic rings. The minimum Gasteiger partial charge on any atom is -0.341 e. The van der Waals surface area contributed by atoms with E-state index in [1.54, 1.807) is 6.20 Å². The fraction of sp³-hybridized carbons (Fsp3) is 0.190. The van der Waals surface area contributed by atoms with E-state index in [0.717, 1.165) is 40.0 Å². The summed E-state index contributed by atoms with van der Waals surface area (Å²) in [6, 6.07) is 15.7. The van der Waals surface area contributed by atoms with Gasteiger partial charge in [0.15, 0.2) is 5.69 Å². The summed E-state index contributed by atoms with van der Waals surface area (Å²) in [6.07, 6.45) is 2.52. The monoisotopic (exact) mass is 359 g/mol. The van der Waals surface area contributed by atoms with Gasteiger partial charge in [-0.3, -0.25) is 9.89 Å². The number of nitrogens with zero attached hydrogens (tertiary/aromatic N) is 2. The number of hydrogen-bond donors (Lipinski definition) is 3. The fourth-order valence-electron chi connectivity index (χ4n) is 3.17. The second-order valence-electron chi connectivity index (χ2n) is 6.60. The summed E-state index contributed by atoms with van der Waals surface area (Å²) >= 11 is 0. The Bertz CT molecular complexity index is 1080. The summed E-state index contributed by atoms with van der Waals surface area (Å²) in [5, 5.41) is 11.0. The highest BCUT2D eigenvalue weighted by atomic mass is 16.2. The molecule has 0 aliphatic carbocycles. The fourth-order valence-corrected chi connectivity index (χ4v) is 3.17. The van der Waals surface area contributed by atoms with Crippen LogP contribution in [0.4, 0.5) is 0 Å². The Hall–Kier alpha value is -3.41. The van der Waals surface area contributed by atoms with Crippen LogP contribution in [0.25, 0.3) is 22.2 Å². The normalized spacial score (nSPS) is 12.2. The SMILES string of the molecule is CCC(NC(=O)c1n[nH]c2ccc(C)cc12)c1ncc(-c2ccccc2)[nH]1. The number of amides is 1. The standard InChI is InChI=1S/C21H21N5O/c1-3-16(20-22-12-18(23-20)14-7-5-4-6-8-14)24-21(27)19-15-11-13(2)9-10-17(15)25-26-19/h4-12,16H,3H2,1-2H3,(H,22,23)(H,24,27)(H,25,26). The third-order valence-electron chi connectivity index (χ3n) is 4.66. The Morgan fingerprint density at radius 1 is 1.19 bits per heavy atom. The van der Waals surface area contributed by atoms with Crippen molar-refractivity contribution in [2.75, 3.05) is 0 Å². The van der Waals surface area contributed by atoms with E-state index >= 15 is 0 Å². The zero-order valence-corrected chi connectivity index (χ0v) is 15.3. The predicted molar refractivity (Wildman–Crippen MR) is 105 cm³/mol. The van der Waals surface area contributed by atoms with Crippen molar-refractivity contribution in [2.24, 2.45) is 0 Å². The van der Waals surface area contributed by atoms with Crippen LogP contribution in [0.3, 0.4) is 0 Å². The minimum atomic E-state index is -0.216. The topological polar surface area (TPSA) is 86.5 Å². The molecule has 27 heavy (non-hydrogen) atoms. The number of carbonyl (C=O) groups is 1. The number of imidazole rings is 1. The van der Waals surface area contributed by atoms with Crippen molar-refractivity contribution in [3.8, 4) is 11.3 Å². The van der Waals surface area contributed by atoms with Gasteiger partial charge in [0.2, 0.25) is 0 Å². The summed E-state index contributed by atoms with van der Waals surface area (Å²) in [5.74, 6) is 0.525. The van der Waals surface area contributed by atoms with E-state index in [1.807, 2.05) is 62.4 Å². The Kier molecular flexibility index (Phi) is 4.46. The van der Waals surface area contributed by atoms with Gasteiger partial charge in [-0.15, -0.1) is 0 Å². The molecule has 0 saturated carbocycles. The van der Waals surface area contributed by atoms with Crippen LogP contribution in [0, 0.1) is 6.92 Å². The van der Waals surface area contributed by atoms with Gasteiger partial charge in [0.1, 0.15) is 5.82 Å². The zero-order chi connectivity index (χ0) is 18.8. The van der Waals surface area contributed by atoms with Gasteiger partial charge >= 0.3 is 0 Å². The summed E-state index contributed by atoms with van der Waals surface area (Å²) in [5.41, 5.74) is 4.33. The quantitative estimate of drug-likeness (QED) is 0.500. The van der Waals surface area contributed by atoms with Crippen molar-refractivity contribution in [3.05, 3.63) is 71.8 Å². The van der Waals surface area contributed by atoms with E-state index in [4.69, 9.17) is 0 Å². The third kappa shape index (κ3) is 3.33. The summed E-state index contributed by atoms with van der Waals surface area (Å²) < 4.78 is 0. The van der Waals surface area contributed by atoms with Crippen LogP contribution in [0.2, 0.25) is 0 Å². The van der Waals surface area contributed by atoms with Crippen molar-refractivity contribution >= 4 is 16.8 Å². The lowest BCUT2D eigenvalue weighted by molar-refractivity contribution is 0.0930. The molecule has 0 fully saturated rings. The predicted octanol–water partition coefficient (Wildman–Crippen LogP) is 4.14. The number of aromatic nitrogens is 4. The molecule has 136 valence electrons. The van der Waals surface area contributed by atoms with Gasteiger partial charge in [0.05, 0.1) is 23.4 Å². The van der Waals surface area contributed by atoms with Gasteiger partial charge < -0.3 is 10.3 Å². The van der Waals surface area contributed by atoms with Crippen molar-refractivity contribution in [1.82, 2.24) is 25.5 Å². The third-order valence-corrected chi connectivity index (χ3v) is 4.66. The molecule has 6 heteroatoms. The first-order chi connectivity index (χ1) is 13.2. The molecule has 0 saturated heterocycles. The van der Waals surface area contributed by atoms with Gasteiger partial charge in [-0.05, 0) is 31.0 Å². The maximum Gasteiger partial charge on any atom is 0.273 e. The van der Waals surface area contributed by atoms with Gasteiger partial charge in [-0.25, -0.2) is 4.98 Å². The number of nitrogens with one attached hydrogen (secondary N) is 3. The smallest absolute Gasteiger partial charge is 0.273 e. The first kappa shape index (κ1) is 17.0. The molecule has 0 spiro atoms. The zero-order valence-electron chi connectivity index (χ0n) is 15.3. The first-order valence-electron chi connectivity index (χ1n) is 9.01. The van der Waals surface area contributed by atoms with E-state index in [9.17, 15) is 4.79 Å². The van der Waals surface area contributed by atoms with Crippen molar-refractivity contribution in [3.63, 3.8) is 0 Å². The largest absolute Gasteiger partial charge is 0.341 e. The number of fused-ring (bicyclic) bond motifs is 1. The van der Waals surface area contributed by atoms with E-state index in [0.29, 0.717) is 5.69 Å². The number of aryl methyl sites for hydroxylation is 1. The number of H-pyrrole nitrogens is 2. The summed E-state index contributed by atoms with van der Waals surface area (Å²) in [6.45, 7) is 4.01. The average molecular weight is 359 g/mol. The number of rotatable bonds is 5. The molecular formula is C21H21N5O. The van der Waals surface area contributed by atoms with Gasteiger partial charge in [-0.1, -0.05) is 48.9 Å². The van der Waals surface area contributed by atoms with Gasteiger partial charge in [-0.2, -0.15) is 5.10 Å². The Labute approximate surface area is 157 Å². The van der Waals surface area contributed by atoms with Crippen LogP contribution in [0.15, 0.2) is 54.7 Å². The highest BCUT2D eigenvalue weighted by Crippen LogP contribution is 2.22. The van der Waals surface area contributed by atoms with Crippen LogP contribution in [0.5, 0.6) is 0 Å². The average Bonchev–Trinajstić information content (AvgIpc) is 3.33. The number of aromatic amines is 2. The molecule has 6 nitrogen and oxygen atoms in total.